The molecule has 2 aromatic rings. The molecule has 4 N–H and O–H groups in total. The number of aliphatic hydroxyl groups is 2. The van der Waals surface area contributed by atoms with Crippen LogP contribution in [-0.4, -0.2) is 44.0 Å². The van der Waals surface area contributed by atoms with E-state index in [1.807, 2.05) is 22.5 Å². The van der Waals surface area contributed by atoms with Gasteiger partial charge in [0.2, 0.25) is 5.91 Å². The molecule has 3 heterocycles. The first kappa shape index (κ1) is 18.3. The Labute approximate surface area is 151 Å². The van der Waals surface area contributed by atoms with E-state index in [0.29, 0.717) is 6.54 Å². The van der Waals surface area contributed by atoms with Crippen LogP contribution in [0.15, 0.2) is 51.5 Å². The van der Waals surface area contributed by atoms with Crippen molar-refractivity contribution in [1.82, 2.24) is 14.9 Å². The van der Waals surface area contributed by atoms with Crippen molar-refractivity contribution < 1.29 is 19.7 Å². The first-order chi connectivity index (χ1) is 12.5. The van der Waals surface area contributed by atoms with Gasteiger partial charge in [0.15, 0.2) is 6.23 Å². The molecule has 4 atom stereocenters. The normalized spacial score (nSPS) is 25.6. The van der Waals surface area contributed by atoms with Crippen molar-refractivity contribution in [1.29, 1.82) is 0 Å². The molecule has 0 unspecified atom stereocenters. The summed E-state index contributed by atoms with van der Waals surface area (Å²) in [4.78, 5) is 37.8. The van der Waals surface area contributed by atoms with Crippen LogP contribution >= 0.6 is 11.3 Å². The summed E-state index contributed by atoms with van der Waals surface area (Å²) in [6.07, 6.45) is -1.22. The fourth-order valence-electron chi connectivity index (χ4n) is 2.53. The smallest absolute Gasteiger partial charge is 0.330 e. The molecule has 3 rings (SSSR count). The number of ether oxygens (including phenoxy) is 1. The lowest BCUT2D eigenvalue weighted by Gasteiger charge is -2.16. The third-order valence-electron chi connectivity index (χ3n) is 3.85. The molecule has 0 saturated carbocycles. The maximum Gasteiger partial charge on any atom is 0.330 e. The molecule has 138 valence electrons. The maximum absolute atomic E-state index is 11.8. The minimum atomic E-state index is -1.40. The molecule has 0 spiro atoms. The van der Waals surface area contributed by atoms with Gasteiger partial charge in [-0.2, -0.15) is 0 Å². The molecule has 0 aliphatic carbocycles. The van der Waals surface area contributed by atoms with Crippen LogP contribution in [0.5, 0.6) is 0 Å². The lowest BCUT2D eigenvalue weighted by molar-refractivity contribution is -0.116. The fraction of sp³-hybridized carbons (Fsp3) is 0.312. The van der Waals surface area contributed by atoms with E-state index in [-0.39, 0.29) is 5.91 Å². The average Bonchev–Trinajstić information content (AvgIpc) is 3.22. The Bertz CT molecular complexity index is 903. The van der Waals surface area contributed by atoms with E-state index >= 15 is 0 Å². The van der Waals surface area contributed by atoms with E-state index in [1.54, 1.807) is 0 Å². The molecular weight excluding hydrogens is 362 g/mol. The molecule has 9 nitrogen and oxygen atoms in total. The van der Waals surface area contributed by atoms with Gasteiger partial charge in [0, 0.05) is 23.2 Å². The SMILES string of the molecule is O=C(/C=C/[C@H]1O[C@@H](n2ccc(=O)[nH]c2=O)[C@H](O)[C@@H]1O)NCc1cccs1. The number of amides is 1. The minimum Gasteiger partial charge on any atom is -0.387 e. The zero-order chi connectivity index (χ0) is 18.7. The van der Waals surface area contributed by atoms with Gasteiger partial charge in [0.05, 0.1) is 6.54 Å². The maximum atomic E-state index is 11.8. The summed E-state index contributed by atoms with van der Waals surface area (Å²) in [5, 5.41) is 24.8. The Morgan fingerprint density at radius 1 is 1.35 bits per heavy atom. The lowest BCUT2D eigenvalue weighted by atomic mass is 10.1. The third kappa shape index (κ3) is 3.99. The summed E-state index contributed by atoms with van der Waals surface area (Å²) in [5.74, 6) is -0.381. The minimum absolute atomic E-state index is 0.381. The summed E-state index contributed by atoms with van der Waals surface area (Å²) in [7, 11) is 0. The predicted molar refractivity (Wildman–Crippen MR) is 92.6 cm³/mol. The van der Waals surface area contributed by atoms with E-state index in [4.69, 9.17) is 4.74 Å². The van der Waals surface area contributed by atoms with Crippen LogP contribution in [0.1, 0.15) is 11.1 Å². The van der Waals surface area contributed by atoms with E-state index in [2.05, 4.69) is 5.32 Å². The first-order valence-corrected chi connectivity index (χ1v) is 8.65. The number of nitrogens with zero attached hydrogens (tertiary/aromatic N) is 1. The van der Waals surface area contributed by atoms with Crippen LogP contribution in [0.2, 0.25) is 0 Å². The molecule has 0 aromatic carbocycles. The molecule has 2 aromatic heterocycles. The Kier molecular flexibility index (Phi) is 5.47. The van der Waals surface area contributed by atoms with Crippen LogP contribution < -0.4 is 16.6 Å². The summed E-state index contributed by atoms with van der Waals surface area (Å²) >= 11 is 1.52. The van der Waals surface area contributed by atoms with Crippen molar-refractivity contribution >= 4 is 17.2 Å². The van der Waals surface area contributed by atoms with Crippen LogP contribution in [0.3, 0.4) is 0 Å². The third-order valence-corrected chi connectivity index (χ3v) is 4.73. The Balaban J connectivity index is 1.64. The monoisotopic (exact) mass is 379 g/mol. The second-order valence-electron chi connectivity index (χ2n) is 5.65. The number of carbonyl (C=O) groups excluding carboxylic acids is 1. The summed E-state index contributed by atoms with van der Waals surface area (Å²) in [6, 6.07) is 4.87. The number of thiophene rings is 1. The van der Waals surface area contributed by atoms with Crippen LogP contribution in [-0.2, 0) is 16.1 Å². The number of rotatable bonds is 5. The van der Waals surface area contributed by atoms with Crippen LogP contribution in [0.4, 0.5) is 0 Å². The number of hydrogen-bond acceptors (Lipinski definition) is 7. The van der Waals surface area contributed by atoms with Gasteiger partial charge < -0.3 is 20.3 Å². The molecule has 10 heteroatoms. The summed E-state index contributed by atoms with van der Waals surface area (Å²) in [5.41, 5.74) is -1.36. The van der Waals surface area contributed by atoms with Crippen molar-refractivity contribution in [3.05, 3.63) is 67.6 Å². The van der Waals surface area contributed by atoms with Gasteiger partial charge in [0.1, 0.15) is 18.3 Å². The standard InChI is InChI=1S/C16H17N3O6S/c20-11(17-8-9-2-1-7-26-9)4-3-10-13(22)14(23)15(25-10)19-6-5-12(21)18-16(19)24/h1-7,10,13-15,22-23H,8H2,(H,17,20)(H,18,21,24)/b4-3+/t10-,13-,14-,15-/m1/s1. The molecular formula is C16H17N3O6S. The van der Waals surface area contributed by atoms with Crippen LogP contribution in [0.25, 0.3) is 0 Å². The average molecular weight is 379 g/mol. The van der Waals surface area contributed by atoms with Gasteiger partial charge >= 0.3 is 5.69 Å². The van der Waals surface area contributed by atoms with E-state index in [0.717, 1.165) is 15.5 Å². The predicted octanol–water partition coefficient (Wildman–Crippen LogP) is -0.910. The second kappa shape index (κ2) is 7.79. The van der Waals surface area contributed by atoms with Gasteiger partial charge in [-0.1, -0.05) is 6.07 Å². The zero-order valence-electron chi connectivity index (χ0n) is 13.4. The van der Waals surface area contributed by atoms with Gasteiger partial charge in [-0.15, -0.1) is 11.3 Å². The summed E-state index contributed by atoms with van der Waals surface area (Å²) < 4.78 is 6.44. The van der Waals surface area contributed by atoms with Crippen molar-refractivity contribution in [2.45, 2.75) is 31.1 Å². The van der Waals surface area contributed by atoms with E-state index in [1.165, 1.54) is 29.7 Å². The Morgan fingerprint density at radius 3 is 2.85 bits per heavy atom. The van der Waals surface area contributed by atoms with E-state index in [9.17, 15) is 24.6 Å². The zero-order valence-corrected chi connectivity index (χ0v) is 14.3. The van der Waals surface area contributed by atoms with Crippen molar-refractivity contribution in [2.75, 3.05) is 0 Å². The number of H-pyrrole nitrogens is 1. The second-order valence-corrected chi connectivity index (χ2v) is 6.68. The molecule has 26 heavy (non-hydrogen) atoms. The molecule has 1 aliphatic heterocycles. The highest BCUT2D eigenvalue weighted by atomic mass is 32.1. The number of aromatic amines is 1. The first-order valence-electron chi connectivity index (χ1n) is 7.77. The highest BCUT2D eigenvalue weighted by molar-refractivity contribution is 7.09. The highest BCUT2D eigenvalue weighted by Crippen LogP contribution is 2.28. The molecule has 0 bridgehead atoms. The number of carbonyl (C=O) groups is 1. The molecule has 1 saturated heterocycles. The topological polar surface area (TPSA) is 134 Å². The number of nitrogens with one attached hydrogen (secondary N) is 2. The van der Waals surface area contributed by atoms with Gasteiger partial charge in [0.25, 0.3) is 5.56 Å². The number of aromatic nitrogens is 2. The Hall–Kier alpha value is -2.53. The van der Waals surface area contributed by atoms with Crippen molar-refractivity contribution in [2.24, 2.45) is 0 Å². The van der Waals surface area contributed by atoms with Gasteiger partial charge in [-0.3, -0.25) is 19.1 Å². The van der Waals surface area contributed by atoms with E-state index < -0.39 is 35.8 Å². The highest BCUT2D eigenvalue weighted by Gasteiger charge is 2.42. The summed E-state index contributed by atoms with van der Waals surface area (Å²) in [6.45, 7) is 0.382. The quantitative estimate of drug-likeness (QED) is 0.497. The fourth-order valence-corrected chi connectivity index (χ4v) is 3.18. The number of hydrogen-bond donors (Lipinski definition) is 4. The Morgan fingerprint density at radius 2 is 2.15 bits per heavy atom. The van der Waals surface area contributed by atoms with Crippen LogP contribution in [0, 0.1) is 0 Å². The largest absolute Gasteiger partial charge is 0.387 e. The lowest BCUT2D eigenvalue weighted by Crippen LogP contribution is -2.37. The van der Waals surface area contributed by atoms with Gasteiger partial charge in [-0.25, -0.2) is 4.79 Å². The molecule has 1 aliphatic rings. The number of aliphatic hydroxyl groups excluding tert-OH is 2. The molecule has 1 amide bonds. The van der Waals surface area contributed by atoms with Gasteiger partial charge in [-0.05, 0) is 17.5 Å². The van der Waals surface area contributed by atoms with Crippen molar-refractivity contribution in [3.8, 4) is 0 Å². The molecule has 0 radical (unpaired) electrons. The van der Waals surface area contributed by atoms with Crippen molar-refractivity contribution in [3.63, 3.8) is 0 Å². The molecule has 1 fully saturated rings.